The minimum atomic E-state index is -0.554. The summed E-state index contributed by atoms with van der Waals surface area (Å²) >= 11 is 10.9. The molecule has 0 aliphatic carbocycles. The van der Waals surface area contributed by atoms with Crippen molar-refractivity contribution in [3.8, 4) is 0 Å². The van der Waals surface area contributed by atoms with Crippen LogP contribution in [-0.2, 0) is 9.47 Å². The predicted octanol–water partition coefficient (Wildman–Crippen LogP) is 2.17. The third kappa shape index (κ3) is 14.6. The summed E-state index contributed by atoms with van der Waals surface area (Å²) in [7, 11) is 0. The molecule has 2 unspecified atom stereocenters. The van der Waals surface area contributed by atoms with Crippen molar-refractivity contribution < 1.29 is 19.7 Å². The average molecular weight is 317 g/mol. The second kappa shape index (κ2) is 14.8. The zero-order valence-corrected chi connectivity index (χ0v) is 12.9. The van der Waals surface area contributed by atoms with Crippen molar-refractivity contribution in [2.45, 2.75) is 44.3 Å². The van der Waals surface area contributed by atoms with Crippen LogP contribution in [-0.4, -0.2) is 60.6 Å². The highest BCUT2D eigenvalue weighted by Gasteiger charge is 2.02. The fourth-order valence-electron chi connectivity index (χ4n) is 1.47. The Kier molecular flexibility index (Phi) is 15.1. The number of hydrogen-bond donors (Lipinski definition) is 2. The van der Waals surface area contributed by atoms with Crippen LogP contribution in [0, 0.1) is 0 Å². The van der Waals surface area contributed by atoms with Gasteiger partial charge >= 0.3 is 0 Å². The van der Waals surface area contributed by atoms with E-state index in [0.29, 0.717) is 26.4 Å². The van der Waals surface area contributed by atoms with Gasteiger partial charge in [-0.25, -0.2) is 0 Å². The van der Waals surface area contributed by atoms with Crippen LogP contribution in [0.3, 0.4) is 0 Å². The molecule has 4 nitrogen and oxygen atoms in total. The molecule has 19 heavy (non-hydrogen) atoms. The first-order chi connectivity index (χ1) is 9.20. The van der Waals surface area contributed by atoms with Crippen LogP contribution in [0.5, 0.6) is 0 Å². The van der Waals surface area contributed by atoms with E-state index in [-0.39, 0.29) is 11.8 Å². The second-order valence-corrected chi connectivity index (χ2v) is 5.15. The molecule has 0 saturated carbocycles. The Hall–Kier alpha value is 0.420. The lowest BCUT2D eigenvalue weighted by Gasteiger charge is -2.08. The van der Waals surface area contributed by atoms with Crippen LogP contribution < -0.4 is 0 Å². The smallest absolute Gasteiger partial charge is 0.0908 e. The zero-order valence-electron chi connectivity index (χ0n) is 11.4. The molecule has 0 aliphatic rings. The van der Waals surface area contributed by atoms with Crippen LogP contribution in [0.15, 0.2) is 0 Å². The molecule has 0 aliphatic heterocycles. The molecule has 0 rings (SSSR count). The largest absolute Gasteiger partial charge is 0.389 e. The van der Waals surface area contributed by atoms with Crippen molar-refractivity contribution >= 4 is 23.2 Å². The molecular weight excluding hydrogens is 291 g/mol. The van der Waals surface area contributed by atoms with Gasteiger partial charge in [0.2, 0.25) is 0 Å². The van der Waals surface area contributed by atoms with Gasteiger partial charge in [-0.15, -0.1) is 23.2 Å². The molecule has 0 aromatic rings. The molecule has 0 amide bonds. The maximum Gasteiger partial charge on any atom is 0.0908 e. The number of alkyl halides is 2. The van der Waals surface area contributed by atoms with Gasteiger partial charge in [-0.2, -0.15) is 0 Å². The summed E-state index contributed by atoms with van der Waals surface area (Å²) in [5.74, 6) is 0.441. The summed E-state index contributed by atoms with van der Waals surface area (Å²) in [6, 6.07) is 0. The first-order valence-corrected chi connectivity index (χ1v) is 7.91. The van der Waals surface area contributed by atoms with E-state index >= 15 is 0 Å². The number of aliphatic hydroxyl groups excluding tert-OH is 2. The van der Waals surface area contributed by atoms with Gasteiger partial charge < -0.3 is 19.7 Å². The lowest BCUT2D eigenvalue weighted by molar-refractivity contribution is 0.0440. The Bertz CT molecular complexity index is 166. The quantitative estimate of drug-likeness (QED) is 0.381. The number of hydrogen-bond acceptors (Lipinski definition) is 4. The Morgan fingerprint density at radius 1 is 0.684 bits per heavy atom. The molecule has 0 spiro atoms. The summed E-state index contributed by atoms with van der Waals surface area (Å²) in [6.45, 7) is 1.99. The molecular formula is C13H26Cl2O4. The lowest BCUT2D eigenvalue weighted by Crippen LogP contribution is -2.17. The van der Waals surface area contributed by atoms with E-state index in [4.69, 9.17) is 42.9 Å². The van der Waals surface area contributed by atoms with Crippen molar-refractivity contribution in [3.05, 3.63) is 0 Å². The summed E-state index contributed by atoms with van der Waals surface area (Å²) in [5.41, 5.74) is 0. The average Bonchev–Trinajstić information content (AvgIpc) is 2.43. The first kappa shape index (κ1) is 19.4. The van der Waals surface area contributed by atoms with Gasteiger partial charge in [0, 0.05) is 13.2 Å². The van der Waals surface area contributed by atoms with Crippen LogP contribution in [0.2, 0.25) is 0 Å². The number of aliphatic hydroxyl groups is 2. The Morgan fingerprint density at radius 2 is 1.05 bits per heavy atom. The van der Waals surface area contributed by atoms with E-state index in [1.54, 1.807) is 0 Å². The van der Waals surface area contributed by atoms with Gasteiger partial charge in [0.1, 0.15) is 0 Å². The van der Waals surface area contributed by atoms with E-state index in [9.17, 15) is 0 Å². The number of halogens is 2. The van der Waals surface area contributed by atoms with Crippen molar-refractivity contribution in [2.24, 2.45) is 0 Å². The SMILES string of the molecule is OC(CCl)COCCCCCCCOCC(O)CCl. The molecule has 0 radical (unpaired) electrons. The molecule has 0 bridgehead atoms. The topological polar surface area (TPSA) is 58.9 Å². The standard InChI is InChI=1S/C13H26Cl2O4/c14-8-12(16)10-18-6-4-2-1-3-5-7-19-11-13(17)9-15/h12-13,16-17H,1-11H2. The molecule has 6 heteroatoms. The maximum absolute atomic E-state index is 9.14. The van der Waals surface area contributed by atoms with Gasteiger partial charge in [0.25, 0.3) is 0 Å². The third-order valence-corrected chi connectivity index (χ3v) is 3.27. The fraction of sp³-hybridized carbons (Fsp3) is 1.00. The number of ether oxygens (including phenoxy) is 2. The van der Waals surface area contributed by atoms with Crippen molar-refractivity contribution in [3.63, 3.8) is 0 Å². The van der Waals surface area contributed by atoms with Crippen molar-refractivity contribution in [2.75, 3.05) is 38.2 Å². The minimum Gasteiger partial charge on any atom is -0.389 e. The van der Waals surface area contributed by atoms with Crippen LogP contribution >= 0.6 is 23.2 Å². The van der Waals surface area contributed by atoms with Gasteiger partial charge in [-0.3, -0.25) is 0 Å². The van der Waals surface area contributed by atoms with Crippen LogP contribution in [0.25, 0.3) is 0 Å². The molecule has 0 heterocycles. The van der Waals surface area contributed by atoms with E-state index in [2.05, 4.69) is 0 Å². The lowest BCUT2D eigenvalue weighted by atomic mass is 10.1. The maximum atomic E-state index is 9.14. The second-order valence-electron chi connectivity index (χ2n) is 4.53. The Labute approximate surface area is 126 Å². The molecule has 116 valence electrons. The summed E-state index contributed by atoms with van der Waals surface area (Å²) in [5, 5.41) is 18.3. The van der Waals surface area contributed by atoms with E-state index in [1.165, 1.54) is 0 Å². The van der Waals surface area contributed by atoms with E-state index < -0.39 is 12.2 Å². The Morgan fingerprint density at radius 3 is 1.42 bits per heavy atom. The summed E-state index contributed by atoms with van der Waals surface area (Å²) in [4.78, 5) is 0. The number of rotatable bonds is 14. The fourth-order valence-corrected chi connectivity index (χ4v) is 1.64. The van der Waals surface area contributed by atoms with Crippen LogP contribution in [0.1, 0.15) is 32.1 Å². The normalized spacial score (nSPS) is 14.5. The van der Waals surface area contributed by atoms with Gasteiger partial charge in [0.15, 0.2) is 0 Å². The monoisotopic (exact) mass is 316 g/mol. The summed E-state index contributed by atoms with van der Waals surface area (Å²) < 4.78 is 10.5. The molecule has 2 atom stereocenters. The van der Waals surface area contributed by atoms with E-state index in [1.807, 2.05) is 0 Å². The zero-order chi connectivity index (χ0) is 14.3. The molecule has 0 aromatic carbocycles. The predicted molar refractivity (Wildman–Crippen MR) is 78.2 cm³/mol. The van der Waals surface area contributed by atoms with E-state index in [0.717, 1.165) is 32.1 Å². The van der Waals surface area contributed by atoms with Crippen molar-refractivity contribution in [1.82, 2.24) is 0 Å². The molecule has 0 aromatic heterocycles. The highest BCUT2D eigenvalue weighted by Crippen LogP contribution is 2.04. The highest BCUT2D eigenvalue weighted by molar-refractivity contribution is 6.18. The van der Waals surface area contributed by atoms with Crippen LogP contribution in [0.4, 0.5) is 0 Å². The minimum absolute atomic E-state index is 0.221. The number of unbranched alkanes of at least 4 members (excludes halogenated alkanes) is 4. The van der Waals surface area contributed by atoms with Gasteiger partial charge in [-0.1, -0.05) is 19.3 Å². The molecule has 0 saturated heterocycles. The third-order valence-electron chi connectivity index (χ3n) is 2.55. The highest BCUT2D eigenvalue weighted by atomic mass is 35.5. The van der Waals surface area contributed by atoms with Gasteiger partial charge in [-0.05, 0) is 12.8 Å². The van der Waals surface area contributed by atoms with Crippen molar-refractivity contribution in [1.29, 1.82) is 0 Å². The summed E-state index contributed by atoms with van der Waals surface area (Å²) in [6.07, 6.45) is 4.26. The van der Waals surface area contributed by atoms with Gasteiger partial charge in [0.05, 0.1) is 37.2 Å². The molecule has 2 N–H and O–H groups in total. The first-order valence-electron chi connectivity index (χ1n) is 6.84. The molecule has 0 fully saturated rings. The Balaban J connectivity index is 3.03.